The lowest BCUT2D eigenvalue weighted by Gasteiger charge is -2.36. The molecular weight excluding hydrogens is 214 g/mol. The summed E-state index contributed by atoms with van der Waals surface area (Å²) in [6, 6.07) is 8.71. The van der Waals surface area contributed by atoms with E-state index in [1.807, 2.05) is 26.0 Å². The van der Waals surface area contributed by atoms with Gasteiger partial charge in [-0.25, -0.2) is 0 Å². The van der Waals surface area contributed by atoms with Crippen LogP contribution in [0.4, 0.5) is 5.69 Å². The van der Waals surface area contributed by atoms with E-state index in [1.165, 1.54) is 0 Å². The molecule has 0 spiro atoms. The Morgan fingerprint density at radius 3 is 2.41 bits per heavy atom. The molecule has 1 N–H and O–H groups in total. The van der Waals surface area contributed by atoms with Crippen LogP contribution in [0.3, 0.4) is 0 Å². The van der Waals surface area contributed by atoms with E-state index < -0.39 is 0 Å². The van der Waals surface area contributed by atoms with Crippen molar-refractivity contribution in [3.8, 4) is 5.75 Å². The largest absolute Gasteiger partial charge is 0.494 e. The summed E-state index contributed by atoms with van der Waals surface area (Å²) in [5, 5.41) is 3.50. The monoisotopic (exact) mass is 235 g/mol. The van der Waals surface area contributed by atoms with Gasteiger partial charge in [0, 0.05) is 18.3 Å². The van der Waals surface area contributed by atoms with Crippen molar-refractivity contribution in [2.45, 2.75) is 38.8 Å². The molecule has 0 amide bonds. The van der Waals surface area contributed by atoms with Gasteiger partial charge >= 0.3 is 0 Å². The Labute approximate surface area is 103 Å². The van der Waals surface area contributed by atoms with E-state index in [2.05, 4.69) is 17.4 Å². The predicted octanol–water partition coefficient (Wildman–Crippen LogP) is 3.06. The van der Waals surface area contributed by atoms with E-state index in [0.29, 0.717) is 18.8 Å². The number of hydrogen-bond donors (Lipinski definition) is 1. The zero-order chi connectivity index (χ0) is 12.1. The lowest BCUT2D eigenvalue weighted by atomic mass is 9.89. The van der Waals surface area contributed by atoms with Gasteiger partial charge in [-0.3, -0.25) is 0 Å². The van der Waals surface area contributed by atoms with Gasteiger partial charge in [0.05, 0.1) is 12.7 Å². The van der Waals surface area contributed by atoms with Gasteiger partial charge in [0.25, 0.3) is 0 Å². The Kier molecular flexibility index (Phi) is 4.26. The third-order valence-electron chi connectivity index (χ3n) is 3.03. The van der Waals surface area contributed by atoms with Crippen molar-refractivity contribution in [1.82, 2.24) is 0 Å². The summed E-state index contributed by atoms with van der Waals surface area (Å²) in [5.41, 5.74) is 1.16. The predicted molar refractivity (Wildman–Crippen MR) is 69.7 cm³/mol. The molecule has 1 aliphatic carbocycles. The third-order valence-corrected chi connectivity index (χ3v) is 3.03. The highest BCUT2D eigenvalue weighted by molar-refractivity contribution is 5.47. The Morgan fingerprint density at radius 1 is 1.12 bits per heavy atom. The zero-order valence-corrected chi connectivity index (χ0v) is 10.6. The normalized spacial score (nSPS) is 22.9. The maximum Gasteiger partial charge on any atom is 0.119 e. The molecule has 0 aromatic heterocycles. The van der Waals surface area contributed by atoms with Gasteiger partial charge in [-0.2, -0.15) is 0 Å². The summed E-state index contributed by atoms with van der Waals surface area (Å²) in [4.78, 5) is 0. The fourth-order valence-corrected chi connectivity index (χ4v) is 2.11. The molecule has 0 heterocycles. The van der Waals surface area contributed by atoms with Crippen molar-refractivity contribution in [2.24, 2.45) is 0 Å². The lowest BCUT2D eigenvalue weighted by molar-refractivity contribution is 0.00299. The Morgan fingerprint density at radius 2 is 1.82 bits per heavy atom. The van der Waals surface area contributed by atoms with Crippen LogP contribution in [0.1, 0.15) is 26.7 Å². The van der Waals surface area contributed by atoms with Gasteiger partial charge in [0.1, 0.15) is 5.75 Å². The molecule has 2 rings (SSSR count). The SMILES string of the molecule is CCOc1ccc(NC2CC(OCC)C2)cc1. The van der Waals surface area contributed by atoms with Crippen LogP contribution in [0.15, 0.2) is 24.3 Å². The topological polar surface area (TPSA) is 30.5 Å². The second-order valence-electron chi connectivity index (χ2n) is 4.35. The molecule has 3 heteroatoms. The highest BCUT2D eigenvalue weighted by Gasteiger charge is 2.29. The van der Waals surface area contributed by atoms with E-state index in [-0.39, 0.29) is 0 Å². The molecule has 1 aromatic carbocycles. The summed E-state index contributed by atoms with van der Waals surface area (Å²) in [6.07, 6.45) is 2.68. The average Bonchev–Trinajstić information content (AvgIpc) is 2.29. The van der Waals surface area contributed by atoms with Crippen LogP contribution in [0.25, 0.3) is 0 Å². The standard InChI is InChI=1S/C14H21NO2/c1-3-16-13-7-5-11(6-8-13)15-12-9-14(10-12)17-4-2/h5-8,12,14-15H,3-4,9-10H2,1-2H3. The van der Waals surface area contributed by atoms with Crippen molar-refractivity contribution >= 4 is 5.69 Å². The molecule has 0 bridgehead atoms. The van der Waals surface area contributed by atoms with Gasteiger partial charge in [0.2, 0.25) is 0 Å². The van der Waals surface area contributed by atoms with Crippen LogP contribution < -0.4 is 10.1 Å². The molecular formula is C14H21NO2. The lowest BCUT2D eigenvalue weighted by Crippen LogP contribution is -2.40. The maximum absolute atomic E-state index is 5.54. The first kappa shape index (κ1) is 12.2. The van der Waals surface area contributed by atoms with Crippen molar-refractivity contribution in [2.75, 3.05) is 18.5 Å². The average molecular weight is 235 g/mol. The Bertz CT molecular complexity index is 331. The summed E-state index contributed by atoms with van der Waals surface area (Å²) in [5.74, 6) is 0.929. The number of benzene rings is 1. The summed E-state index contributed by atoms with van der Waals surface area (Å²) >= 11 is 0. The number of ether oxygens (including phenoxy) is 2. The summed E-state index contributed by atoms with van der Waals surface area (Å²) in [7, 11) is 0. The molecule has 94 valence electrons. The van der Waals surface area contributed by atoms with Crippen molar-refractivity contribution in [1.29, 1.82) is 0 Å². The molecule has 3 nitrogen and oxygen atoms in total. The molecule has 0 aliphatic heterocycles. The summed E-state index contributed by atoms with van der Waals surface area (Å²) in [6.45, 7) is 5.58. The van der Waals surface area contributed by atoms with E-state index in [0.717, 1.165) is 30.9 Å². The molecule has 1 fully saturated rings. The van der Waals surface area contributed by atoms with Gasteiger partial charge < -0.3 is 14.8 Å². The minimum absolute atomic E-state index is 0.459. The van der Waals surface area contributed by atoms with Crippen LogP contribution in [0, 0.1) is 0 Å². The number of hydrogen-bond acceptors (Lipinski definition) is 3. The molecule has 0 atom stereocenters. The number of nitrogens with one attached hydrogen (secondary N) is 1. The third kappa shape index (κ3) is 3.37. The molecule has 0 radical (unpaired) electrons. The van der Waals surface area contributed by atoms with Crippen LogP contribution in [0.5, 0.6) is 5.75 Å². The van der Waals surface area contributed by atoms with E-state index in [4.69, 9.17) is 9.47 Å². The molecule has 0 unspecified atom stereocenters. The maximum atomic E-state index is 5.54. The zero-order valence-electron chi connectivity index (χ0n) is 10.6. The van der Waals surface area contributed by atoms with E-state index in [9.17, 15) is 0 Å². The first-order valence-corrected chi connectivity index (χ1v) is 6.42. The Hall–Kier alpha value is -1.22. The van der Waals surface area contributed by atoms with Gasteiger partial charge in [-0.05, 0) is 51.0 Å². The van der Waals surface area contributed by atoms with Crippen LogP contribution in [-0.4, -0.2) is 25.4 Å². The van der Waals surface area contributed by atoms with E-state index in [1.54, 1.807) is 0 Å². The smallest absolute Gasteiger partial charge is 0.119 e. The summed E-state index contributed by atoms with van der Waals surface area (Å²) < 4.78 is 10.9. The Balaban J connectivity index is 1.76. The van der Waals surface area contributed by atoms with Gasteiger partial charge in [-0.1, -0.05) is 0 Å². The quantitative estimate of drug-likeness (QED) is 0.822. The molecule has 0 saturated heterocycles. The highest BCUT2D eigenvalue weighted by atomic mass is 16.5. The number of anilines is 1. The second-order valence-corrected chi connectivity index (χ2v) is 4.35. The van der Waals surface area contributed by atoms with Crippen molar-refractivity contribution in [3.63, 3.8) is 0 Å². The van der Waals surface area contributed by atoms with Crippen LogP contribution in [0.2, 0.25) is 0 Å². The van der Waals surface area contributed by atoms with Crippen molar-refractivity contribution < 1.29 is 9.47 Å². The van der Waals surface area contributed by atoms with Gasteiger partial charge in [-0.15, -0.1) is 0 Å². The highest BCUT2D eigenvalue weighted by Crippen LogP contribution is 2.27. The minimum atomic E-state index is 0.459. The fraction of sp³-hybridized carbons (Fsp3) is 0.571. The first-order valence-electron chi connectivity index (χ1n) is 6.42. The second kappa shape index (κ2) is 5.92. The van der Waals surface area contributed by atoms with Crippen LogP contribution in [-0.2, 0) is 4.74 Å². The molecule has 1 aliphatic rings. The first-order chi connectivity index (χ1) is 8.31. The fourth-order valence-electron chi connectivity index (χ4n) is 2.11. The molecule has 17 heavy (non-hydrogen) atoms. The van der Waals surface area contributed by atoms with Gasteiger partial charge in [0.15, 0.2) is 0 Å². The molecule has 1 aromatic rings. The van der Waals surface area contributed by atoms with Crippen molar-refractivity contribution in [3.05, 3.63) is 24.3 Å². The molecule has 1 saturated carbocycles. The number of rotatable bonds is 6. The van der Waals surface area contributed by atoms with E-state index >= 15 is 0 Å². The minimum Gasteiger partial charge on any atom is -0.494 e. The van der Waals surface area contributed by atoms with Crippen LogP contribution >= 0.6 is 0 Å².